The summed E-state index contributed by atoms with van der Waals surface area (Å²) in [6.07, 6.45) is 0.888. The van der Waals surface area contributed by atoms with Gasteiger partial charge in [-0.05, 0) is 35.4 Å². The third-order valence-corrected chi connectivity index (χ3v) is 3.70. The first kappa shape index (κ1) is 17.0. The van der Waals surface area contributed by atoms with Crippen LogP contribution < -0.4 is 10.5 Å². The number of ether oxygens (including phenoxy) is 1. The highest BCUT2D eigenvalue weighted by Crippen LogP contribution is 2.29. The van der Waals surface area contributed by atoms with Gasteiger partial charge in [-0.15, -0.1) is 0 Å². The van der Waals surface area contributed by atoms with Crippen LogP contribution in [0.25, 0.3) is 0 Å². The number of rotatable bonds is 7. The fraction of sp³-hybridized carbons (Fsp3) is 0.588. The maximum Gasteiger partial charge on any atom is 0.122 e. The number of nitrogens with two attached hydrogens (primary N) is 1. The van der Waals surface area contributed by atoms with Crippen molar-refractivity contribution in [3.05, 3.63) is 29.3 Å². The molecule has 2 nitrogen and oxygen atoms in total. The monoisotopic (exact) mass is 293 g/mol. The predicted octanol–water partition coefficient (Wildman–Crippen LogP) is 4.31. The highest BCUT2D eigenvalue weighted by atomic mass is 32.1. The Hall–Kier alpha value is -1.09. The molecule has 0 radical (unpaired) electrons. The largest absolute Gasteiger partial charge is 0.493 e. The van der Waals surface area contributed by atoms with E-state index in [1.54, 1.807) is 0 Å². The first-order valence-electron chi connectivity index (χ1n) is 7.36. The van der Waals surface area contributed by atoms with E-state index in [1.807, 2.05) is 0 Å². The average molecular weight is 293 g/mol. The Balaban J connectivity index is 2.92. The van der Waals surface area contributed by atoms with Gasteiger partial charge in [0.1, 0.15) is 5.75 Å². The zero-order valence-electron chi connectivity index (χ0n) is 13.3. The van der Waals surface area contributed by atoms with Crippen LogP contribution in [0.4, 0.5) is 0 Å². The zero-order valence-corrected chi connectivity index (χ0v) is 14.1. The molecule has 0 amide bonds. The maximum absolute atomic E-state index is 5.92. The van der Waals surface area contributed by atoms with E-state index in [-0.39, 0.29) is 5.92 Å². The Morgan fingerprint density at radius 1 is 1.20 bits per heavy atom. The third kappa shape index (κ3) is 5.12. The molecule has 0 heterocycles. The fourth-order valence-electron chi connectivity index (χ4n) is 2.02. The fourth-order valence-corrected chi connectivity index (χ4v) is 2.10. The average Bonchev–Trinajstić information content (AvgIpc) is 2.36. The van der Waals surface area contributed by atoms with E-state index in [1.165, 1.54) is 11.1 Å². The summed E-state index contributed by atoms with van der Waals surface area (Å²) in [6, 6.07) is 6.44. The summed E-state index contributed by atoms with van der Waals surface area (Å²) in [7, 11) is 0. The maximum atomic E-state index is 5.92. The van der Waals surface area contributed by atoms with E-state index in [0.717, 1.165) is 18.8 Å². The molecule has 0 saturated heterocycles. The van der Waals surface area contributed by atoms with Crippen molar-refractivity contribution in [3.8, 4) is 5.75 Å². The molecule has 0 fully saturated rings. The Bertz CT molecular complexity index is 454. The van der Waals surface area contributed by atoms with Crippen LogP contribution in [0.5, 0.6) is 5.75 Å². The van der Waals surface area contributed by atoms with Crippen molar-refractivity contribution in [1.82, 2.24) is 0 Å². The van der Waals surface area contributed by atoms with Crippen molar-refractivity contribution >= 4 is 17.2 Å². The van der Waals surface area contributed by atoms with Gasteiger partial charge in [-0.2, -0.15) is 0 Å². The number of hydrogen-bond acceptors (Lipinski definition) is 2. The molecule has 0 bridgehead atoms. The standard InChI is InChI=1S/C17H27NOS/c1-11(2)10-19-16-7-6-14(8-13(5)17(18)20)9-15(16)12(3)4/h6-7,9,11-13H,8,10H2,1-5H3,(H2,18,20). The van der Waals surface area contributed by atoms with Gasteiger partial charge in [0.05, 0.1) is 11.6 Å². The van der Waals surface area contributed by atoms with E-state index in [2.05, 4.69) is 52.8 Å². The lowest BCUT2D eigenvalue weighted by atomic mass is 9.95. The Kier molecular flexibility index (Phi) is 6.47. The lowest BCUT2D eigenvalue weighted by Crippen LogP contribution is -2.20. The van der Waals surface area contributed by atoms with Crippen LogP contribution in [0.2, 0.25) is 0 Å². The van der Waals surface area contributed by atoms with E-state index >= 15 is 0 Å². The summed E-state index contributed by atoms with van der Waals surface area (Å²) in [4.78, 5) is 0.580. The van der Waals surface area contributed by atoms with Gasteiger partial charge in [0.25, 0.3) is 0 Å². The molecule has 0 aromatic heterocycles. The highest BCUT2D eigenvalue weighted by molar-refractivity contribution is 7.80. The quantitative estimate of drug-likeness (QED) is 0.761. The van der Waals surface area contributed by atoms with Gasteiger partial charge in [0.15, 0.2) is 0 Å². The number of thiocarbonyl (C=S) groups is 1. The summed E-state index contributed by atoms with van der Waals surface area (Å²) in [5.74, 6) is 2.20. The molecular formula is C17H27NOS. The van der Waals surface area contributed by atoms with Crippen molar-refractivity contribution in [2.24, 2.45) is 17.6 Å². The molecule has 0 aliphatic rings. The molecule has 1 aromatic rings. The van der Waals surface area contributed by atoms with Gasteiger partial charge < -0.3 is 10.5 Å². The molecule has 1 aromatic carbocycles. The normalized spacial score (nSPS) is 12.8. The minimum atomic E-state index is 0.229. The van der Waals surface area contributed by atoms with Crippen LogP contribution in [0.1, 0.15) is 51.7 Å². The number of hydrogen-bond donors (Lipinski definition) is 1. The molecule has 112 valence electrons. The van der Waals surface area contributed by atoms with Crippen molar-refractivity contribution in [1.29, 1.82) is 0 Å². The number of benzene rings is 1. The van der Waals surface area contributed by atoms with Crippen LogP contribution in [-0.2, 0) is 6.42 Å². The first-order valence-corrected chi connectivity index (χ1v) is 7.77. The zero-order chi connectivity index (χ0) is 15.3. The molecule has 0 saturated carbocycles. The summed E-state index contributed by atoms with van der Waals surface area (Å²) in [5, 5.41) is 0. The molecular weight excluding hydrogens is 266 g/mol. The minimum Gasteiger partial charge on any atom is -0.493 e. The van der Waals surface area contributed by atoms with Gasteiger partial charge >= 0.3 is 0 Å². The summed E-state index contributed by atoms with van der Waals surface area (Å²) in [6.45, 7) is 11.5. The van der Waals surface area contributed by atoms with Gasteiger partial charge in [0.2, 0.25) is 0 Å². The van der Waals surface area contributed by atoms with Gasteiger partial charge in [-0.3, -0.25) is 0 Å². The van der Waals surface area contributed by atoms with Gasteiger partial charge in [-0.25, -0.2) is 0 Å². The van der Waals surface area contributed by atoms with E-state index in [4.69, 9.17) is 22.7 Å². The molecule has 3 heteroatoms. The minimum absolute atomic E-state index is 0.229. The SMILES string of the molecule is CC(C)COc1ccc(CC(C)C(N)=S)cc1C(C)C. The molecule has 0 aliphatic heterocycles. The molecule has 1 unspecified atom stereocenters. The predicted molar refractivity (Wildman–Crippen MR) is 90.5 cm³/mol. The van der Waals surface area contributed by atoms with Crippen LogP contribution in [0.3, 0.4) is 0 Å². The van der Waals surface area contributed by atoms with E-state index < -0.39 is 0 Å². The van der Waals surface area contributed by atoms with Gasteiger partial charge in [0, 0.05) is 5.92 Å². The lowest BCUT2D eigenvalue weighted by molar-refractivity contribution is 0.267. The van der Waals surface area contributed by atoms with Crippen LogP contribution >= 0.6 is 12.2 Å². The second-order valence-electron chi connectivity index (χ2n) is 6.24. The van der Waals surface area contributed by atoms with Crippen molar-refractivity contribution in [2.75, 3.05) is 6.61 Å². The molecule has 20 heavy (non-hydrogen) atoms. The Morgan fingerprint density at radius 2 is 1.85 bits per heavy atom. The van der Waals surface area contributed by atoms with Gasteiger partial charge in [-0.1, -0.05) is 59.0 Å². The smallest absolute Gasteiger partial charge is 0.122 e. The Labute approximate surface area is 128 Å². The lowest BCUT2D eigenvalue weighted by Gasteiger charge is -2.18. The molecule has 1 rings (SSSR count). The van der Waals surface area contributed by atoms with E-state index in [0.29, 0.717) is 16.8 Å². The molecule has 2 N–H and O–H groups in total. The van der Waals surface area contributed by atoms with Crippen molar-refractivity contribution < 1.29 is 4.74 Å². The topological polar surface area (TPSA) is 35.2 Å². The summed E-state index contributed by atoms with van der Waals surface area (Å²) >= 11 is 5.05. The van der Waals surface area contributed by atoms with Crippen LogP contribution in [0.15, 0.2) is 18.2 Å². The van der Waals surface area contributed by atoms with Crippen molar-refractivity contribution in [3.63, 3.8) is 0 Å². The second-order valence-corrected chi connectivity index (χ2v) is 6.71. The highest BCUT2D eigenvalue weighted by Gasteiger charge is 2.12. The van der Waals surface area contributed by atoms with Crippen LogP contribution in [0, 0.1) is 11.8 Å². The molecule has 0 aliphatic carbocycles. The Morgan fingerprint density at radius 3 is 2.35 bits per heavy atom. The summed E-state index contributed by atoms with van der Waals surface area (Å²) in [5.41, 5.74) is 8.23. The van der Waals surface area contributed by atoms with E-state index in [9.17, 15) is 0 Å². The van der Waals surface area contributed by atoms with Crippen LogP contribution in [-0.4, -0.2) is 11.6 Å². The first-order chi connectivity index (χ1) is 9.31. The molecule has 1 atom stereocenters. The molecule has 0 spiro atoms. The second kappa shape index (κ2) is 7.63. The van der Waals surface area contributed by atoms with Crippen molar-refractivity contribution in [2.45, 2.75) is 47.0 Å². The summed E-state index contributed by atoms with van der Waals surface area (Å²) < 4.78 is 5.92. The third-order valence-electron chi connectivity index (χ3n) is 3.30.